The third kappa shape index (κ3) is 2.13. The van der Waals surface area contributed by atoms with E-state index in [0.29, 0.717) is 13.1 Å². The summed E-state index contributed by atoms with van der Waals surface area (Å²) in [6.07, 6.45) is -0.155. The van der Waals surface area contributed by atoms with E-state index in [1.165, 1.54) is 0 Å². The Labute approximate surface area is 79.8 Å². The minimum absolute atomic E-state index is 0.0774. The van der Waals surface area contributed by atoms with Gasteiger partial charge in [-0.3, -0.25) is 9.05 Å². The topological polar surface area (TPSA) is 38.8 Å². The van der Waals surface area contributed by atoms with Crippen LogP contribution in [0.5, 0.6) is 0 Å². The maximum atomic E-state index is 12.1. The van der Waals surface area contributed by atoms with Gasteiger partial charge < -0.3 is 0 Å². The van der Waals surface area contributed by atoms with Gasteiger partial charge in [0.15, 0.2) is 0 Å². The zero-order chi connectivity index (χ0) is 10.1. The van der Waals surface area contributed by atoms with E-state index < -0.39 is 7.75 Å². The highest BCUT2D eigenvalue weighted by Crippen LogP contribution is 2.58. The molecule has 0 radical (unpaired) electrons. The van der Waals surface area contributed by atoms with Crippen molar-refractivity contribution < 1.29 is 13.6 Å². The van der Waals surface area contributed by atoms with Crippen LogP contribution in [0.25, 0.3) is 0 Å². The lowest BCUT2D eigenvalue weighted by molar-refractivity contribution is 0.187. The maximum absolute atomic E-state index is 12.1. The molecule has 5 heteroatoms. The normalized spacial score (nSPS) is 40.1. The summed E-state index contributed by atoms with van der Waals surface area (Å²) >= 11 is 0. The van der Waals surface area contributed by atoms with Crippen LogP contribution in [0.4, 0.5) is 0 Å². The molecule has 3 atom stereocenters. The second kappa shape index (κ2) is 4.09. The van der Waals surface area contributed by atoms with E-state index in [-0.39, 0.29) is 12.2 Å². The molecule has 4 nitrogen and oxygen atoms in total. The Morgan fingerprint density at radius 3 is 1.85 bits per heavy atom. The molecule has 0 amide bonds. The second-order valence-electron chi connectivity index (χ2n) is 3.23. The molecule has 78 valence electrons. The molecule has 1 fully saturated rings. The van der Waals surface area contributed by atoms with Gasteiger partial charge >= 0.3 is 7.75 Å². The number of nitrogens with zero attached hydrogens (tertiary/aromatic N) is 1. The summed E-state index contributed by atoms with van der Waals surface area (Å²) in [5.74, 6) is 0. The number of hydrogen-bond acceptors (Lipinski definition) is 3. The van der Waals surface area contributed by atoms with Crippen LogP contribution in [0.3, 0.4) is 0 Å². The zero-order valence-electron chi connectivity index (χ0n) is 8.69. The molecular weight excluding hydrogens is 189 g/mol. The average Bonchev–Trinajstić information content (AvgIpc) is 2.29. The van der Waals surface area contributed by atoms with E-state index in [1.54, 1.807) is 4.67 Å². The van der Waals surface area contributed by atoms with Crippen molar-refractivity contribution in [3.63, 3.8) is 0 Å². The Balaban J connectivity index is 2.73. The van der Waals surface area contributed by atoms with E-state index in [9.17, 15) is 4.57 Å². The molecule has 0 aromatic carbocycles. The Hall–Kier alpha value is 0.110. The van der Waals surface area contributed by atoms with Crippen molar-refractivity contribution in [1.82, 2.24) is 4.67 Å². The Bertz CT molecular complexity index is 203. The third-order valence-corrected chi connectivity index (χ3v) is 4.79. The fourth-order valence-corrected chi connectivity index (χ4v) is 3.51. The Morgan fingerprint density at radius 2 is 1.54 bits per heavy atom. The lowest BCUT2D eigenvalue weighted by Crippen LogP contribution is -2.20. The largest absolute Gasteiger partial charge is 0.408 e. The zero-order valence-corrected chi connectivity index (χ0v) is 9.58. The van der Waals surface area contributed by atoms with Crippen LogP contribution in [0.1, 0.15) is 27.7 Å². The highest BCUT2D eigenvalue weighted by Gasteiger charge is 2.43. The molecular formula is C8H18NO3P. The summed E-state index contributed by atoms with van der Waals surface area (Å²) in [6.45, 7) is 9.04. The summed E-state index contributed by atoms with van der Waals surface area (Å²) in [6, 6.07) is 0. The van der Waals surface area contributed by atoms with Crippen molar-refractivity contribution >= 4 is 7.75 Å². The molecule has 0 N–H and O–H groups in total. The fourth-order valence-electron chi connectivity index (χ4n) is 1.32. The summed E-state index contributed by atoms with van der Waals surface area (Å²) in [7, 11) is -2.96. The van der Waals surface area contributed by atoms with Crippen molar-refractivity contribution in [2.24, 2.45) is 0 Å². The van der Waals surface area contributed by atoms with Crippen molar-refractivity contribution in [1.29, 1.82) is 0 Å². The van der Waals surface area contributed by atoms with Crippen LogP contribution in [-0.2, 0) is 13.6 Å². The molecule has 0 saturated carbocycles. The van der Waals surface area contributed by atoms with Crippen LogP contribution >= 0.6 is 7.75 Å². The molecule has 1 aliphatic rings. The van der Waals surface area contributed by atoms with E-state index in [1.807, 2.05) is 27.7 Å². The molecule has 1 saturated heterocycles. The summed E-state index contributed by atoms with van der Waals surface area (Å²) in [4.78, 5) is 0. The summed E-state index contributed by atoms with van der Waals surface area (Å²) in [5.41, 5.74) is 0. The molecule has 1 heterocycles. The lowest BCUT2D eigenvalue weighted by atomic mass is 10.3. The van der Waals surface area contributed by atoms with Gasteiger partial charge in [0.05, 0.1) is 12.2 Å². The van der Waals surface area contributed by atoms with Crippen LogP contribution < -0.4 is 0 Å². The molecule has 1 aliphatic heterocycles. The van der Waals surface area contributed by atoms with Gasteiger partial charge in [-0.2, -0.15) is 0 Å². The number of hydrogen-bond donors (Lipinski definition) is 0. The first-order chi connectivity index (χ1) is 6.03. The number of rotatable bonds is 3. The van der Waals surface area contributed by atoms with Gasteiger partial charge in [-0.1, -0.05) is 13.8 Å². The van der Waals surface area contributed by atoms with Crippen LogP contribution in [0.15, 0.2) is 0 Å². The minimum Gasteiger partial charge on any atom is -0.291 e. The molecule has 1 rings (SSSR count). The molecule has 0 bridgehead atoms. The predicted octanol–water partition coefficient (Wildman–Crippen LogP) is 2.26. The highest BCUT2D eigenvalue weighted by molar-refractivity contribution is 7.51. The van der Waals surface area contributed by atoms with Gasteiger partial charge in [0.1, 0.15) is 0 Å². The van der Waals surface area contributed by atoms with E-state index in [4.69, 9.17) is 9.05 Å². The van der Waals surface area contributed by atoms with Crippen molar-refractivity contribution in [3.8, 4) is 0 Å². The van der Waals surface area contributed by atoms with E-state index in [2.05, 4.69) is 0 Å². The third-order valence-electron chi connectivity index (χ3n) is 2.34. The molecule has 0 aliphatic carbocycles. The predicted molar refractivity (Wildman–Crippen MR) is 51.6 cm³/mol. The Kier molecular flexibility index (Phi) is 3.52. The molecule has 0 aromatic heterocycles. The van der Waals surface area contributed by atoms with Gasteiger partial charge in [0.25, 0.3) is 0 Å². The first-order valence-corrected chi connectivity index (χ1v) is 6.25. The second-order valence-corrected chi connectivity index (χ2v) is 5.15. The maximum Gasteiger partial charge on any atom is 0.408 e. The van der Waals surface area contributed by atoms with Gasteiger partial charge in [-0.25, -0.2) is 9.24 Å². The minimum atomic E-state index is -2.96. The van der Waals surface area contributed by atoms with Gasteiger partial charge in [0, 0.05) is 13.1 Å². The quantitative estimate of drug-likeness (QED) is 0.665. The monoisotopic (exact) mass is 207 g/mol. The van der Waals surface area contributed by atoms with E-state index >= 15 is 0 Å². The van der Waals surface area contributed by atoms with Crippen LogP contribution in [0.2, 0.25) is 0 Å². The first kappa shape index (κ1) is 11.2. The van der Waals surface area contributed by atoms with E-state index in [0.717, 1.165) is 0 Å². The summed E-state index contributed by atoms with van der Waals surface area (Å²) in [5, 5.41) is 0. The fraction of sp³-hybridized carbons (Fsp3) is 1.00. The molecule has 0 spiro atoms. The summed E-state index contributed by atoms with van der Waals surface area (Å²) < 4.78 is 24.5. The van der Waals surface area contributed by atoms with Crippen molar-refractivity contribution in [3.05, 3.63) is 0 Å². The Morgan fingerprint density at radius 1 is 1.15 bits per heavy atom. The standard InChI is InChI=1S/C8H18NO3P/c1-5-9(6-2)13(10)11-7(3)8(4)12-13/h7-8H,5-6H2,1-4H3/t7-,8+,13?. The average molecular weight is 207 g/mol. The molecule has 13 heavy (non-hydrogen) atoms. The SMILES string of the molecule is CCN(CC)P1(=O)O[C@@H](C)[C@@H](C)O1. The molecule has 0 aromatic rings. The van der Waals surface area contributed by atoms with Crippen LogP contribution in [0, 0.1) is 0 Å². The van der Waals surface area contributed by atoms with Crippen molar-refractivity contribution in [2.45, 2.75) is 39.9 Å². The highest BCUT2D eigenvalue weighted by atomic mass is 31.2. The van der Waals surface area contributed by atoms with Gasteiger partial charge in [-0.05, 0) is 13.8 Å². The van der Waals surface area contributed by atoms with Crippen LogP contribution in [-0.4, -0.2) is 30.0 Å². The molecule has 1 unspecified atom stereocenters. The lowest BCUT2D eigenvalue weighted by Gasteiger charge is -2.23. The van der Waals surface area contributed by atoms with Gasteiger partial charge in [0.2, 0.25) is 0 Å². The smallest absolute Gasteiger partial charge is 0.291 e. The van der Waals surface area contributed by atoms with Crippen molar-refractivity contribution in [2.75, 3.05) is 13.1 Å². The van der Waals surface area contributed by atoms with Gasteiger partial charge in [-0.15, -0.1) is 0 Å². The first-order valence-electron chi connectivity index (χ1n) is 4.75.